The highest BCUT2D eigenvalue weighted by atomic mass is 16.4. The van der Waals surface area contributed by atoms with Gasteiger partial charge < -0.3 is 15.7 Å². The maximum Gasteiger partial charge on any atom is 0.323 e. The Labute approximate surface area is 107 Å². The second kappa shape index (κ2) is 5.69. The smallest absolute Gasteiger partial charge is 0.323 e. The highest BCUT2D eigenvalue weighted by Crippen LogP contribution is 2.34. The number of hydrogen-bond donors (Lipinski definition) is 2. The minimum Gasteiger partial charge on any atom is -0.480 e. The topological polar surface area (TPSA) is 83.6 Å². The Balaban J connectivity index is 2.16. The monoisotopic (exact) mass is 254 g/mol. The van der Waals surface area contributed by atoms with Gasteiger partial charge in [0.25, 0.3) is 0 Å². The van der Waals surface area contributed by atoms with Crippen LogP contribution in [-0.4, -0.2) is 40.5 Å². The number of nitrogens with two attached hydrogens (primary N) is 1. The van der Waals surface area contributed by atoms with Crippen LogP contribution in [0.2, 0.25) is 0 Å². The van der Waals surface area contributed by atoms with E-state index in [1.807, 2.05) is 0 Å². The summed E-state index contributed by atoms with van der Waals surface area (Å²) in [4.78, 5) is 24.7. The average molecular weight is 254 g/mol. The van der Waals surface area contributed by atoms with E-state index >= 15 is 0 Å². The molecule has 0 bridgehead atoms. The molecule has 2 rings (SSSR count). The summed E-state index contributed by atoms with van der Waals surface area (Å²) in [6, 6.07) is -0.430. The number of rotatable bonds is 3. The van der Waals surface area contributed by atoms with Crippen LogP contribution in [-0.2, 0) is 9.59 Å². The molecule has 2 aliphatic rings. The second-order valence-corrected chi connectivity index (χ2v) is 5.51. The maximum atomic E-state index is 12.2. The zero-order valence-electron chi connectivity index (χ0n) is 10.7. The molecule has 1 aliphatic carbocycles. The van der Waals surface area contributed by atoms with Crippen LogP contribution in [0.5, 0.6) is 0 Å². The Morgan fingerprint density at radius 2 is 1.89 bits per heavy atom. The first-order valence-corrected chi connectivity index (χ1v) is 6.87. The van der Waals surface area contributed by atoms with Crippen molar-refractivity contribution in [3.63, 3.8) is 0 Å². The van der Waals surface area contributed by atoms with Gasteiger partial charge in [-0.2, -0.15) is 0 Å². The van der Waals surface area contributed by atoms with E-state index in [9.17, 15) is 9.59 Å². The van der Waals surface area contributed by atoms with Crippen molar-refractivity contribution in [1.82, 2.24) is 4.90 Å². The van der Waals surface area contributed by atoms with Gasteiger partial charge in [0, 0.05) is 6.04 Å². The van der Waals surface area contributed by atoms with E-state index in [2.05, 4.69) is 0 Å². The number of carboxylic acid groups (broad SMARTS) is 1. The van der Waals surface area contributed by atoms with Gasteiger partial charge in [-0.15, -0.1) is 0 Å². The van der Waals surface area contributed by atoms with Crippen LogP contribution in [0.1, 0.15) is 44.9 Å². The molecule has 2 fully saturated rings. The molecular weight excluding hydrogens is 232 g/mol. The number of hydrogen-bond acceptors (Lipinski definition) is 3. The number of carbonyl (C=O) groups excluding carboxylic acids is 1. The summed E-state index contributed by atoms with van der Waals surface area (Å²) in [5, 5.41) is 8.99. The molecule has 0 radical (unpaired) electrons. The van der Waals surface area contributed by atoms with Gasteiger partial charge in [0.15, 0.2) is 0 Å². The van der Waals surface area contributed by atoms with Crippen LogP contribution >= 0.6 is 0 Å². The van der Waals surface area contributed by atoms with Gasteiger partial charge in [0.1, 0.15) is 6.54 Å². The van der Waals surface area contributed by atoms with Gasteiger partial charge >= 0.3 is 5.97 Å². The number of carbonyl (C=O) groups is 2. The Morgan fingerprint density at radius 3 is 2.50 bits per heavy atom. The molecule has 0 aromatic carbocycles. The second-order valence-electron chi connectivity index (χ2n) is 5.51. The lowest BCUT2D eigenvalue weighted by Crippen LogP contribution is -2.50. The first-order valence-electron chi connectivity index (χ1n) is 6.87. The molecule has 18 heavy (non-hydrogen) atoms. The van der Waals surface area contributed by atoms with Crippen LogP contribution in [0, 0.1) is 5.92 Å². The molecule has 102 valence electrons. The molecule has 1 amide bonds. The number of nitrogens with zero attached hydrogens (tertiary/aromatic N) is 1. The summed E-state index contributed by atoms with van der Waals surface area (Å²) in [5.74, 6) is -0.647. The normalized spacial score (nSPS) is 30.5. The van der Waals surface area contributed by atoms with E-state index in [0.717, 1.165) is 25.7 Å². The van der Waals surface area contributed by atoms with Crippen molar-refractivity contribution in [3.8, 4) is 0 Å². The summed E-state index contributed by atoms with van der Waals surface area (Å²) in [5.41, 5.74) is 5.82. The first-order chi connectivity index (χ1) is 8.59. The number of aliphatic carboxylic acids is 1. The largest absolute Gasteiger partial charge is 0.480 e. The van der Waals surface area contributed by atoms with E-state index in [-0.39, 0.29) is 18.5 Å². The van der Waals surface area contributed by atoms with Gasteiger partial charge in [-0.1, -0.05) is 12.8 Å². The van der Waals surface area contributed by atoms with Crippen LogP contribution in [0.25, 0.3) is 0 Å². The van der Waals surface area contributed by atoms with E-state index in [0.29, 0.717) is 12.3 Å². The molecule has 1 saturated heterocycles. The molecule has 1 heterocycles. The third-order valence-electron chi connectivity index (χ3n) is 4.27. The zero-order chi connectivity index (χ0) is 13.1. The summed E-state index contributed by atoms with van der Waals surface area (Å²) >= 11 is 0. The maximum absolute atomic E-state index is 12.2. The average Bonchev–Trinajstić information content (AvgIpc) is 2.80. The third kappa shape index (κ3) is 2.83. The van der Waals surface area contributed by atoms with E-state index in [1.165, 1.54) is 17.7 Å². The van der Waals surface area contributed by atoms with Crippen LogP contribution < -0.4 is 5.73 Å². The quantitative estimate of drug-likeness (QED) is 0.786. The molecule has 1 saturated carbocycles. The van der Waals surface area contributed by atoms with Crippen molar-refractivity contribution in [2.24, 2.45) is 11.7 Å². The van der Waals surface area contributed by atoms with E-state index in [1.54, 1.807) is 0 Å². The highest BCUT2D eigenvalue weighted by molar-refractivity contribution is 5.85. The predicted octanol–water partition coefficient (Wildman–Crippen LogP) is 0.970. The van der Waals surface area contributed by atoms with Crippen molar-refractivity contribution >= 4 is 11.9 Å². The van der Waals surface area contributed by atoms with Crippen molar-refractivity contribution in [2.75, 3.05) is 6.54 Å². The fourth-order valence-electron chi connectivity index (χ4n) is 3.38. The number of carboxylic acids is 1. The predicted molar refractivity (Wildman–Crippen MR) is 66.9 cm³/mol. The van der Waals surface area contributed by atoms with Crippen LogP contribution in [0.3, 0.4) is 0 Å². The summed E-state index contributed by atoms with van der Waals surface area (Å²) < 4.78 is 0. The molecular formula is C13H22N2O3. The van der Waals surface area contributed by atoms with Crippen molar-refractivity contribution in [3.05, 3.63) is 0 Å². The van der Waals surface area contributed by atoms with E-state index < -0.39 is 12.0 Å². The Kier molecular flexibility index (Phi) is 4.22. The van der Waals surface area contributed by atoms with Gasteiger partial charge in [-0.05, 0) is 38.0 Å². The molecule has 0 unspecified atom stereocenters. The van der Waals surface area contributed by atoms with Gasteiger partial charge in [0.2, 0.25) is 5.91 Å². The summed E-state index contributed by atoms with van der Waals surface area (Å²) in [7, 11) is 0. The summed E-state index contributed by atoms with van der Waals surface area (Å²) in [6.07, 6.45) is 7.12. The fraction of sp³-hybridized carbons (Fsp3) is 0.846. The van der Waals surface area contributed by atoms with Crippen LogP contribution in [0.15, 0.2) is 0 Å². The van der Waals surface area contributed by atoms with Gasteiger partial charge in [-0.3, -0.25) is 9.59 Å². The Bertz CT molecular complexity index is 326. The van der Waals surface area contributed by atoms with Crippen molar-refractivity contribution < 1.29 is 14.7 Å². The lowest BCUT2D eigenvalue weighted by Gasteiger charge is -2.34. The number of amides is 1. The minimum atomic E-state index is -0.944. The van der Waals surface area contributed by atoms with Crippen molar-refractivity contribution in [1.29, 1.82) is 0 Å². The molecule has 3 N–H and O–H groups in total. The Morgan fingerprint density at radius 1 is 1.22 bits per heavy atom. The van der Waals surface area contributed by atoms with E-state index in [4.69, 9.17) is 10.8 Å². The molecule has 5 heteroatoms. The molecule has 5 nitrogen and oxygen atoms in total. The lowest BCUT2D eigenvalue weighted by molar-refractivity contribution is -0.147. The zero-order valence-corrected chi connectivity index (χ0v) is 10.7. The molecule has 0 spiro atoms. The lowest BCUT2D eigenvalue weighted by atomic mass is 9.93. The molecule has 0 aromatic rings. The van der Waals surface area contributed by atoms with Gasteiger partial charge in [0.05, 0.1) is 6.04 Å². The van der Waals surface area contributed by atoms with Crippen LogP contribution in [0.4, 0.5) is 0 Å². The first kappa shape index (κ1) is 13.3. The third-order valence-corrected chi connectivity index (χ3v) is 4.27. The standard InChI is InChI=1S/C13H22N2O3/c14-10-6-3-7-11(9-4-1-2-5-9)15(13(10)18)8-12(16)17/h9-11H,1-8,14H2,(H,16,17)/t10-,11+/m0/s1. The van der Waals surface area contributed by atoms with Gasteiger partial charge in [-0.25, -0.2) is 0 Å². The molecule has 0 aromatic heterocycles. The summed E-state index contributed by atoms with van der Waals surface area (Å²) in [6.45, 7) is -0.201. The molecule has 2 atom stereocenters. The highest BCUT2D eigenvalue weighted by Gasteiger charge is 2.37. The fourth-order valence-corrected chi connectivity index (χ4v) is 3.38. The minimum absolute atomic E-state index is 0.0876. The number of likely N-dealkylation sites (tertiary alicyclic amines) is 1. The molecule has 1 aliphatic heterocycles. The SMILES string of the molecule is N[C@H]1CCC[C@H](C2CCCC2)N(CC(=O)O)C1=O. The van der Waals surface area contributed by atoms with Crippen molar-refractivity contribution in [2.45, 2.75) is 57.0 Å². The Hall–Kier alpha value is -1.10.